The molecule has 0 saturated carbocycles. The van der Waals surface area contributed by atoms with E-state index in [1.165, 1.54) is 5.75 Å². The lowest BCUT2D eigenvalue weighted by atomic mass is 10.3. The van der Waals surface area contributed by atoms with Crippen LogP contribution >= 0.6 is 24.4 Å². The van der Waals surface area contributed by atoms with Gasteiger partial charge in [-0.15, -0.1) is 0 Å². The fourth-order valence-electron chi connectivity index (χ4n) is 0.747. The first-order chi connectivity index (χ1) is 4.72. The van der Waals surface area contributed by atoms with Gasteiger partial charge in [-0.1, -0.05) is 0 Å². The molecular weight excluding hydrogens is 162 g/mol. The highest BCUT2D eigenvalue weighted by Crippen LogP contribution is 2.02. The van der Waals surface area contributed by atoms with Gasteiger partial charge in [0.15, 0.2) is 0 Å². The summed E-state index contributed by atoms with van der Waals surface area (Å²) in [4.78, 5) is 2.34. The molecule has 0 saturated heterocycles. The van der Waals surface area contributed by atoms with Crippen molar-refractivity contribution in [2.24, 2.45) is 0 Å². The zero-order chi connectivity index (χ0) is 7.98. The number of thioether (sulfide) groups is 1. The van der Waals surface area contributed by atoms with Gasteiger partial charge in [-0.3, -0.25) is 0 Å². The average molecular weight is 179 g/mol. The van der Waals surface area contributed by atoms with Crippen LogP contribution < -0.4 is 0 Å². The topological polar surface area (TPSA) is 3.24 Å². The van der Waals surface area contributed by atoms with Crippen molar-refractivity contribution in [1.29, 1.82) is 0 Å². The third-order valence-corrected chi connectivity index (χ3v) is 2.63. The highest BCUT2D eigenvalue weighted by atomic mass is 32.2. The maximum absolute atomic E-state index is 4.17. The Kier molecular flexibility index (Phi) is 6.80. The van der Waals surface area contributed by atoms with E-state index in [0.29, 0.717) is 6.04 Å². The van der Waals surface area contributed by atoms with E-state index < -0.39 is 0 Å². The van der Waals surface area contributed by atoms with E-state index >= 15 is 0 Å². The van der Waals surface area contributed by atoms with Crippen molar-refractivity contribution >= 4 is 24.4 Å². The molecule has 1 atom stereocenters. The number of nitrogens with zero attached hydrogens (tertiary/aromatic N) is 1. The van der Waals surface area contributed by atoms with Crippen LogP contribution in [0.1, 0.15) is 6.92 Å². The summed E-state index contributed by atoms with van der Waals surface area (Å²) in [5, 5.41) is 0. The molecule has 3 heteroatoms. The number of hydrogen-bond acceptors (Lipinski definition) is 3. The first-order valence-electron chi connectivity index (χ1n) is 3.52. The Bertz CT molecular complexity index is 68.0. The maximum atomic E-state index is 4.17. The van der Waals surface area contributed by atoms with E-state index in [4.69, 9.17) is 0 Å². The molecule has 0 aliphatic rings. The van der Waals surface area contributed by atoms with E-state index in [1.54, 1.807) is 0 Å². The molecule has 0 aromatic rings. The van der Waals surface area contributed by atoms with Gasteiger partial charge in [0.05, 0.1) is 0 Å². The van der Waals surface area contributed by atoms with Gasteiger partial charge < -0.3 is 4.90 Å². The SMILES string of the molecule is CSCC(C)N(C)CCS. The largest absolute Gasteiger partial charge is 0.302 e. The molecule has 0 rings (SSSR count). The molecule has 0 fully saturated rings. The van der Waals surface area contributed by atoms with Crippen molar-refractivity contribution < 1.29 is 0 Å². The number of rotatable bonds is 5. The van der Waals surface area contributed by atoms with Gasteiger partial charge >= 0.3 is 0 Å². The smallest absolute Gasteiger partial charge is 0.0155 e. The predicted molar refractivity (Wildman–Crippen MR) is 54.3 cm³/mol. The molecule has 0 spiro atoms. The van der Waals surface area contributed by atoms with Crippen LogP contribution in [0.2, 0.25) is 0 Å². The molecule has 1 nitrogen and oxygen atoms in total. The molecule has 0 aromatic heterocycles. The summed E-state index contributed by atoms with van der Waals surface area (Å²) >= 11 is 6.07. The van der Waals surface area contributed by atoms with E-state index in [9.17, 15) is 0 Å². The molecule has 0 amide bonds. The minimum atomic E-state index is 0.683. The van der Waals surface area contributed by atoms with Crippen molar-refractivity contribution in [2.75, 3.05) is 31.4 Å². The minimum Gasteiger partial charge on any atom is -0.302 e. The third kappa shape index (κ3) is 4.47. The summed E-state index contributed by atoms with van der Waals surface area (Å²) in [7, 11) is 2.15. The summed E-state index contributed by atoms with van der Waals surface area (Å²) in [6.45, 7) is 3.34. The van der Waals surface area contributed by atoms with Crippen LogP contribution in [0.4, 0.5) is 0 Å². The molecule has 0 aromatic carbocycles. The molecule has 1 unspecified atom stereocenters. The second-order valence-corrected chi connectivity index (χ2v) is 3.87. The van der Waals surface area contributed by atoms with E-state index in [-0.39, 0.29) is 0 Å². The average Bonchev–Trinajstić information content (AvgIpc) is 1.89. The van der Waals surface area contributed by atoms with E-state index in [0.717, 1.165) is 12.3 Å². The monoisotopic (exact) mass is 179 g/mol. The number of hydrogen-bond donors (Lipinski definition) is 1. The Hall–Kier alpha value is 0.660. The van der Waals surface area contributed by atoms with Crippen LogP contribution in [0.3, 0.4) is 0 Å². The van der Waals surface area contributed by atoms with E-state index in [2.05, 4.69) is 37.8 Å². The Morgan fingerprint density at radius 2 is 2.20 bits per heavy atom. The zero-order valence-corrected chi connectivity index (χ0v) is 8.71. The van der Waals surface area contributed by atoms with Crippen LogP contribution in [0.25, 0.3) is 0 Å². The summed E-state index contributed by atoms with van der Waals surface area (Å²) in [6.07, 6.45) is 2.14. The lowest BCUT2D eigenvalue weighted by molar-refractivity contribution is 0.296. The molecule has 0 heterocycles. The Morgan fingerprint density at radius 3 is 2.60 bits per heavy atom. The normalized spacial score (nSPS) is 14.1. The van der Waals surface area contributed by atoms with Gasteiger partial charge in [-0.25, -0.2) is 0 Å². The van der Waals surface area contributed by atoms with Gasteiger partial charge in [-0.2, -0.15) is 24.4 Å². The Labute approximate surface area is 74.0 Å². The highest BCUT2D eigenvalue weighted by Gasteiger charge is 2.05. The van der Waals surface area contributed by atoms with Gasteiger partial charge in [0, 0.05) is 24.1 Å². The lowest BCUT2D eigenvalue weighted by Crippen LogP contribution is -2.32. The van der Waals surface area contributed by atoms with Gasteiger partial charge in [0.25, 0.3) is 0 Å². The molecule has 0 aliphatic heterocycles. The van der Waals surface area contributed by atoms with Crippen LogP contribution in [0, 0.1) is 0 Å². The zero-order valence-electron chi connectivity index (χ0n) is 7.00. The standard InChI is InChI=1S/C7H17NS2/c1-7(6-10-3)8(2)4-5-9/h7,9H,4-6H2,1-3H3. The Morgan fingerprint density at radius 1 is 1.60 bits per heavy atom. The van der Waals surface area contributed by atoms with Gasteiger partial charge in [0.2, 0.25) is 0 Å². The number of thiol groups is 1. The summed E-state index contributed by atoms with van der Waals surface area (Å²) in [6, 6.07) is 0.683. The van der Waals surface area contributed by atoms with E-state index in [1.807, 2.05) is 11.8 Å². The molecule has 10 heavy (non-hydrogen) atoms. The molecule has 62 valence electrons. The van der Waals surface area contributed by atoms with Crippen molar-refractivity contribution in [3.05, 3.63) is 0 Å². The van der Waals surface area contributed by atoms with Gasteiger partial charge in [0.1, 0.15) is 0 Å². The third-order valence-electron chi connectivity index (χ3n) is 1.61. The predicted octanol–water partition coefficient (Wildman–Crippen LogP) is 1.60. The fourth-order valence-corrected chi connectivity index (χ4v) is 1.80. The second kappa shape index (κ2) is 6.38. The molecule has 0 radical (unpaired) electrons. The molecule has 0 aliphatic carbocycles. The molecule has 0 bridgehead atoms. The first kappa shape index (κ1) is 10.7. The summed E-state index contributed by atoms with van der Waals surface area (Å²) < 4.78 is 0. The molecular formula is C7H17NS2. The second-order valence-electron chi connectivity index (χ2n) is 2.51. The molecule has 0 N–H and O–H groups in total. The van der Waals surface area contributed by atoms with Crippen LogP contribution in [0.5, 0.6) is 0 Å². The van der Waals surface area contributed by atoms with Crippen LogP contribution in [-0.2, 0) is 0 Å². The Balaban J connectivity index is 3.38. The minimum absolute atomic E-state index is 0.683. The maximum Gasteiger partial charge on any atom is 0.0155 e. The van der Waals surface area contributed by atoms with Gasteiger partial charge in [-0.05, 0) is 20.2 Å². The summed E-state index contributed by atoms with van der Waals surface area (Å²) in [5.41, 5.74) is 0. The highest BCUT2D eigenvalue weighted by molar-refractivity contribution is 7.98. The fraction of sp³-hybridized carbons (Fsp3) is 1.00. The lowest BCUT2D eigenvalue weighted by Gasteiger charge is -2.22. The van der Waals surface area contributed by atoms with Crippen molar-refractivity contribution in [1.82, 2.24) is 4.90 Å². The van der Waals surface area contributed by atoms with Crippen LogP contribution in [0.15, 0.2) is 0 Å². The van der Waals surface area contributed by atoms with Crippen molar-refractivity contribution in [2.45, 2.75) is 13.0 Å². The summed E-state index contributed by atoms with van der Waals surface area (Å²) in [5.74, 6) is 2.17. The first-order valence-corrected chi connectivity index (χ1v) is 5.55. The van der Waals surface area contributed by atoms with Crippen LogP contribution in [-0.4, -0.2) is 42.3 Å². The van der Waals surface area contributed by atoms with Crippen molar-refractivity contribution in [3.63, 3.8) is 0 Å². The van der Waals surface area contributed by atoms with Crippen molar-refractivity contribution in [3.8, 4) is 0 Å². The quantitative estimate of drug-likeness (QED) is 0.639.